The minimum atomic E-state index is -0.717. The van der Waals surface area contributed by atoms with E-state index in [0.717, 1.165) is 17.2 Å². The van der Waals surface area contributed by atoms with E-state index in [1.54, 1.807) is 14.2 Å². The molecule has 1 aromatic rings. The van der Waals surface area contributed by atoms with Crippen molar-refractivity contribution < 1.29 is 19.4 Å². The van der Waals surface area contributed by atoms with E-state index in [1.165, 1.54) is 0 Å². The van der Waals surface area contributed by atoms with Crippen LogP contribution in [0.15, 0.2) is 18.2 Å². The molecule has 1 fully saturated rings. The molecule has 0 bridgehead atoms. The number of rotatable bonds is 5. The first-order valence-electron chi connectivity index (χ1n) is 5.85. The summed E-state index contributed by atoms with van der Waals surface area (Å²) < 4.78 is 10.4. The van der Waals surface area contributed by atoms with Gasteiger partial charge in [-0.3, -0.25) is 4.79 Å². The van der Waals surface area contributed by atoms with Crippen LogP contribution in [0.5, 0.6) is 11.5 Å². The fourth-order valence-corrected chi connectivity index (χ4v) is 2.08. The lowest BCUT2D eigenvalue weighted by atomic mass is 9.80. The van der Waals surface area contributed by atoms with Crippen LogP contribution >= 0.6 is 0 Å². The van der Waals surface area contributed by atoms with Crippen LogP contribution in [-0.4, -0.2) is 31.3 Å². The van der Waals surface area contributed by atoms with Crippen LogP contribution in [0.25, 0.3) is 0 Å². The van der Waals surface area contributed by atoms with E-state index < -0.39 is 5.97 Å². The number of methoxy groups -OCH3 is 2. The molecule has 0 aromatic heterocycles. The van der Waals surface area contributed by atoms with Gasteiger partial charge in [0.1, 0.15) is 11.5 Å². The Labute approximate surface area is 106 Å². The third-order valence-electron chi connectivity index (χ3n) is 3.25. The van der Waals surface area contributed by atoms with E-state index in [4.69, 9.17) is 14.6 Å². The Morgan fingerprint density at radius 3 is 2.61 bits per heavy atom. The predicted octanol–water partition coefficient (Wildman–Crippen LogP) is 1.98. The molecule has 0 spiro atoms. The summed E-state index contributed by atoms with van der Waals surface area (Å²) in [5.74, 6) is 0.534. The molecule has 0 amide bonds. The number of carboxylic acid groups (broad SMARTS) is 1. The average Bonchev–Trinajstić information content (AvgIpc) is 2.32. The molecule has 0 aliphatic heterocycles. The molecule has 1 aromatic carbocycles. The van der Waals surface area contributed by atoms with Gasteiger partial charge in [0.15, 0.2) is 0 Å². The van der Waals surface area contributed by atoms with Crippen LogP contribution in [0, 0.1) is 5.92 Å². The van der Waals surface area contributed by atoms with Gasteiger partial charge in [0.25, 0.3) is 0 Å². The van der Waals surface area contributed by atoms with Crippen LogP contribution < -0.4 is 14.8 Å². The standard InChI is InChI=1S/C13H17NO4/c1-17-10-3-4-12(18-2)11(7-10)14-9-5-8(6-9)13(15)16/h3-4,7-9,14H,5-6H2,1-2H3,(H,15,16). The summed E-state index contributed by atoms with van der Waals surface area (Å²) in [6, 6.07) is 5.69. The van der Waals surface area contributed by atoms with Gasteiger partial charge in [0.05, 0.1) is 25.8 Å². The lowest BCUT2D eigenvalue weighted by molar-refractivity contribution is -0.144. The molecular formula is C13H17NO4. The number of aliphatic carboxylic acids is 1. The molecule has 0 saturated heterocycles. The minimum Gasteiger partial charge on any atom is -0.497 e. The van der Waals surface area contributed by atoms with Crippen molar-refractivity contribution in [3.8, 4) is 11.5 Å². The number of nitrogens with one attached hydrogen (secondary N) is 1. The van der Waals surface area contributed by atoms with Gasteiger partial charge in [-0.2, -0.15) is 0 Å². The lowest BCUT2D eigenvalue weighted by Crippen LogP contribution is -2.39. The van der Waals surface area contributed by atoms with Gasteiger partial charge in [-0.15, -0.1) is 0 Å². The van der Waals surface area contributed by atoms with E-state index in [9.17, 15) is 4.79 Å². The summed E-state index contributed by atoms with van der Waals surface area (Å²) in [6.07, 6.45) is 1.30. The molecule has 1 aliphatic rings. The average molecular weight is 251 g/mol. The maximum Gasteiger partial charge on any atom is 0.306 e. The van der Waals surface area contributed by atoms with Crippen molar-refractivity contribution in [3.05, 3.63) is 18.2 Å². The molecule has 0 radical (unpaired) electrons. The van der Waals surface area contributed by atoms with Crippen LogP contribution in [0.2, 0.25) is 0 Å². The van der Waals surface area contributed by atoms with Gasteiger partial charge in [-0.25, -0.2) is 0 Å². The molecule has 98 valence electrons. The second kappa shape index (κ2) is 5.16. The largest absolute Gasteiger partial charge is 0.497 e. The Morgan fingerprint density at radius 1 is 1.33 bits per heavy atom. The van der Waals surface area contributed by atoms with Crippen LogP contribution in [0.3, 0.4) is 0 Å². The zero-order chi connectivity index (χ0) is 13.1. The molecule has 18 heavy (non-hydrogen) atoms. The van der Waals surface area contributed by atoms with Gasteiger partial charge in [0.2, 0.25) is 0 Å². The molecule has 0 heterocycles. The van der Waals surface area contributed by atoms with Gasteiger partial charge >= 0.3 is 5.97 Å². The number of ether oxygens (including phenoxy) is 2. The third kappa shape index (κ3) is 2.50. The van der Waals surface area contributed by atoms with E-state index in [0.29, 0.717) is 12.8 Å². The molecule has 5 heteroatoms. The first kappa shape index (κ1) is 12.5. The molecule has 2 rings (SSSR count). The maximum atomic E-state index is 10.7. The Bertz CT molecular complexity index is 441. The summed E-state index contributed by atoms with van der Waals surface area (Å²) in [6.45, 7) is 0. The summed E-state index contributed by atoms with van der Waals surface area (Å²) in [5.41, 5.74) is 0.839. The van der Waals surface area contributed by atoms with Crippen molar-refractivity contribution in [1.29, 1.82) is 0 Å². The Morgan fingerprint density at radius 2 is 2.06 bits per heavy atom. The van der Waals surface area contributed by atoms with Crippen LogP contribution in [-0.2, 0) is 4.79 Å². The fourth-order valence-electron chi connectivity index (χ4n) is 2.08. The predicted molar refractivity (Wildman–Crippen MR) is 67.3 cm³/mol. The number of hydrogen-bond acceptors (Lipinski definition) is 4. The molecule has 1 saturated carbocycles. The van der Waals surface area contributed by atoms with Crippen molar-refractivity contribution in [3.63, 3.8) is 0 Å². The second-order valence-corrected chi connectivity index (χ2v) is 4.41. The van der Waals surface area contributed by atoms with Gasteiger partial charge in [-0.1, -0.05) is 0 Å². The van der Waals surface area contributed by atoms with E-state index in [-0.39, 0.29) is 12.0 Å². The quantitative estimate of drug-likeness (QED) is 0.837. The van der Waals surface area contributed by atoms with Crippen molar-refractivity contribution in [1.82, 2.24) is 0 Å². The van der Waals surface area contributed by atoms with Crippen molar-refractivity contribution in [2.24, 2.45) is 5.92 Å². The molecule has 1 aliphatic carbocycles. The van der Waals surface area contributed by atoms with Crippen LogP contribution in [0.4, 0.5) is 5.69 Å². The highest BCUT2D eigenvalue weighted by molar-refractivity contribution is 5.72. The topological polar surface area (TPSA) is 67.8 Å². The Balaban J connectivity index is 2.02. The maximum absolute atomic E-state index is 10.7. The SMILES string of the molecule is COc1ccc(OC)c(NC2CC(C(=O)O)C2)c1. The molecule has 2 N–H and O–H groups in total. The third-order valence-corrected chi connectivity index (χ3v) is 3.25. The number of hydrogen-bond donors (Lipinski definition) is 2. The van der Waals surface area contributed by atoms with E-state index in [2.05, 4.69) is 5.32 Å². The molecular weight excluding hydrogens is 234 g/mol. The normalized spacial score (nSPS) is 21.9. The Kier molecular flexibility index (Phi) is 3.60. The molecule has 5 nitrogen and oxygen atoms in total. The van der Waals surface area contributed by atoms with Crippen molar-refractivity contribution >= 4 is 11.7 Å². The highest BCUT2D eigenvalue weighted by atomic mass is 16.5. The van der Waals surface area contributed by atoms with Crippen molar-refractivity contribution in [2.75, 3.05) is 19.5 Å². The zero-order valence-corrected chi connectivity index (χ0v) is 10.5. The van der Waals surface area contributed by atoms with Crippen molar-refractivity contribution in [2.45, 2.75) is 18.9 Å². The Hall–Kier alpha value is -1.91. The summed E-state index contributed by atoms with van der Waals surface area (Å²) in [4.78, 5) is 10.7. The van der Waals surface area contributed by atoms with Crippen LogP contribution in [0.1, 0.15) is 12.8 Å². The highest BCUT2D eigenvalue weighted by Gasteiger charge is 2.34. The molecule has 0 atom stereocenters. The van der Waals surface area contributed by atoms with Gasteiger partial charge < -0.3 is 19.9 Å². The van der Waals surface area contributed by atoms with Gasteiger partial charge in [-0.05, 0) is 25.0 Å². The molecule has 0 unspecified atom stereocenters. The zero-order valence-electron chi connectivity index (χ0n) is 10.5. The number of benzene rings is 1. The summed E-state index contributed by atoms with van der Waals surface area (Å²) in [7, 11) is 3.21. The van der Waals surface area contributed by atoms with E-state index in [1.807, 2.05) is 18.2 Å². The summed E-state index contributed by atoms with van der Waals surface area (Å²) >= 11 is 0. The number of anilines is 1. The first-order chi connectivity index (χ1) is 8.63. The number of carbonyl (C=O) groups is 1. The van der Waals surface area contributed by atoms with Gasteiger partial charge in [0, 0.05) is 12.1 Å². The lowest BCUT2D eigenvalue weighted by Gasteiger charge is -2.34. The summed E-state index contributed by atoms with van der Waals surface area (Å²) in [5, 5.41) is 12.1. The fraction of sp³-hybridized carbons (Fsp3) is 0.462. The highest BCUT2D eigenvalue weighted by Crippen LogP contribution is 2.35. The first-order valence-corrected chi connectivity index (χ1v) is 5.85. The minimum absolute atomic E-state index is 0.187. The monoisotopic (exact) mass is 251 g/mol. The van der Waals surface area contributed by atoms with E-state index >= 15 is 0 Å². The smallest absolute Gasteiger partial charge is 0.306 e. The second-order valence-electron chi connectivity index (χ2n) is 4.41. The number of carboxylic acids is 1.